The van der Waals surface area contributed by atoms with Gasteiger partial charge in [-0.25, -0.2) is 4.39 Å². The number of nitro groups is 1. The second-order valence-corrected chi connectivity index (χ2v) is 5.15. The maximum atomic E-state index is 13.2. The van der Waals surface area contributed by atoms with Crippen LogP contribution in [-0.4, -0.2) is 4.92 Å². The van der Waals surface area contributed by atoms with Crippen LogP contribution in [0.5, 0.6) is 0 Å². The molecule has 0 aliphatic rings. The number of rotatable bonds is 4. The molecule has 0 aliphatic heterocycles. The van der Waals surface area contributed by atoms with Crippen LogP contribution in [0.2, 0.25) is 0 Å². The number of benzene rings is 2. The highest BCUT2D eigenvalue weighted by Crippen LogP contribution is 2.22. The van der Waals surface area contributed by atoms with Gasteiger partial charge in [0, 0.05) is 28.8 Å². The van der Waals surface area contributed by atoms with Crippen LogP contribution in [0.15, 0.2) is 40.9 Å². The minimum absolute atomic E-state index is 0.0157. The summed E-state index contributed by atoms with van der Waals surface area (Å²) >= 11 is 3.22. The zero-order chi connectivity index (χ0) is 15.4. The molecule has 0 atom stereocenters. The zero-order valence-electron chi connectivity index (χ0n) is 10.6. The summed E-state index contributed by atoms with van der Waals surface area (Å²) in [6.45, 7) is 0.316. The Bertz CT molecular complexity index is 743. The van der Waals surface area contributed by atoms with Crippen molar-refractivity contribution in [2.24, 2.45) is 0 Å². The van der Waals surface area contributed by atoms with Gasteiger partial charge in [0.25, 0.3) is 5.69 Å². The minimum Gasteiger partial charge on any atom is -0.381 e. The van der Waals surface area contributed by atoms with Crippen LogP contribution in [0.1, 0.15) is 11.1 Å². The van der Waals surface area contributed by atoms with Crippen LogP contribution >= 0.6 is 15.9 Å². The normalized spacial score (nSPS) is 9.95. The maximum absolute atomic E-state index is 13.2. The monoisotopic (exact) mass is 349 g/mol. The van der Waals surface area contributed by atoms with E-state index in [2.05, 4.69) is 21.2 Å². The first-order valence-corrected chi connectivity index (χ1v) is 6.66. The van der Waals surface area contributed by atoms with Gasteiger partial charge < -0.3 is 5.32 Å². The summed E-state index contributed by atoms with van der Waals surface area (Å²) in [5, 5.41) is 22.5. The lowest BCUT2D eigenvalue weighted by Crippen LogP contribution is -2.01. The Kier molecular flexibility index (Phi) is 4.50. The molecule has 0 aliphatic carbocycles. The quantitative estimate of drug-likeness (QED) is 0.668. The van der Waals surface area contributed by atoms with Crippen LogP contribution in [0.25, 0.3) is 0 Å². The maximum Gasteiger partial charge on any atom is 0.270 e. The van der Waals surface area contributed by atoms with E-state index < -0.39 is 10.7 Å². The lowest BCUT2D eigenvalue weighted by molar-refractivity contribution is -0.385. The number of anilines is 1. The van der Waals surface area contributed by atoms with Crippen LogP contribution in [0, 0.1) is 27.3 Å². The average molecular weight is 350 g/mol. The van der Waals surface area contributed by atoms with E-state index in [4.69, 9.17) is 5.26 Å². The third-order valence-electron chi connectivity index (χ3n) is 2.74. The Morgan fingerprint density at radius 1 is 1.33 bits per heavy atom. The molecule has 0 aromatic heterocycles. The first-order valence-electron chi connectivity index (χ1n) is 5.87. The number of non-ortho nitro benzene ring substituents is 1. The molecule has 0 fully saturated rings. The van der Waals surface area contributed by atoms with Crippen molar-refractivity contribution < 1.29 is 9.31 Å². The number of nitro benzene ring substituents is 1. The summed E-state index contributed by atoms with van der Waals surface area (Å²) in [4.78, 5) is 10.3. The van der Waals surface area contributed by atoms with E-state index in [-0.39, 0.29) is 11.3 Å². The van der Waals surface area contributed by atoms with Crippen LogP contribution in [-0.2, 0) is 6.54 Å². The van der Waals surface area contributed by atoms with Gasteiger partial charge in [-0.3, -0.25) is 10.1 Å². The summed E-state index contributed by atoms with van der Waals surface area (Å²) in [5.41, 5.74) is 1.19. The van der Waals surface area contributed by atoms with E-state index >= 15 is 0 Å². The third-order valence-corrected chi connectivity index (χ3v) is 3.19. The van der Waals surface area contributed by atoms with Gasteiger partial charge in [-0.1, -0.05) is 15.9 Å². The molecule has 2 aromatic rings. The molecule has 2 rings (SSSR count). The molecule has 21 heavy (non-hydrogen) atoms. The van der Waals surface area contributed by atoms with Gasteiger partial charge in [0.2, 0.25) is 0 Å². The minimum atomic E-state index is -0.582. The topological polar surface area (TPSA) is 79.0 Å². The summed E-state index contributed by atoms with van der Waals surface area (Å²) in [7, 11) is 0. The lowest BCUT2D eigenvalue weighted by atomic mass is 10.1. The summed E-state index contributed by atoms with van der Waals surface area (Å²) in [5.74, 6) is -0.582. The predicted octanol–water partition coefficient (Wildman–Crippen LogP) is 3.98. The van der Waals surface area contributed by atoms with Gasteiger partial charge in [-0.05, 0) is 29.8 Å². The second-order valence-electron chi connectivity index (χ2n) is 4.23. The smallest absolute Gasteiger partial charge is 0.270 e. The summed E-state index contributed by atoms with van der Waals surface area (Å²) < 4.78 is 13.8. The number of nitrogens with one attached hydrogen (secondary N) is 1. The van der Waals surface area contributed by atoms with Crippen LogP contribution in [0.4, 0.5) is 15.8 Å². The van der Waals surface area contributed by atoms with E-state index in [1.807, 2.05) is 0 Å². The third kappa shape index (κ3) is 3.77. The standard InChI is InChI=1S/C14H9BrFN3O2/c15-11-3-9(4-13(6-11)19(20)21)8-18-12-1-2-14(16)10(5-12)7-17/h1-6,18H,8H2. The summed E-state index contributed by atoms with van der Waals surface area (Å²) in [6, 6.07) is 10.5. The van der Waals surface area contributed by atoms with Crippen molar-refractivity contribution in [2.45, 2.75) is 6.54 Å². The molecule has 0 spiro atoms. The molecule has 0 heterocycles. The van der Waals surface area contributed by atoms with E-state index in [9.17, 15) is 14.5 Å². The van der Waals surface area contributed by atoms with Crippen molar-refractivity contribution in [3.8, 4) is 6.07 Å². The van der Waals surface area contributed by atoms with Crippen LogP contribution in [0.3, 0.4) is 0 Å². The highest BCUT2D eigenvalue weighted by atomic mass is 79.9. The fraction of sp³-hybridized carbons (Fsp3) is 0.0714. The lowest BCUT2D eigenvalue weighted by Gasteiger charge is -2.07. The van der Waals surface area contributed by atoms with Crippen molar-refractivity contribution in [1.82, 2.24) is 0 Å². The molecule has 7 heteroatoms. The molecule has 0 radical (unpaired) electrons. The molecule has 106 valence electrons. The molecule has 0 saturated carbocycles. The molecule has 5 nitrogen and oxygen atoms in total. The molecule has 2 aromatic carbocycles. The van der Waals surface area contributed by atoms with E-state index in [1.165, 1.54) is 30.3 Å². The van der Waals surface area contributed by atoms with Gasteiger partial charge in [0.05, 0.1) is 10.5 Å². The van der Waals surface area contributed by atoms with Gasteiger partial charge >= 0.3 is 0 Å². The molecular formula is C14H9BrFN3O2. The average Bonchev–Trinajstić information content (AvgIpc) is 2.45. The molecule has 0 unspecified atom stereocenters. The number of nitriles is 1. The summed E-state index contributed by atoms with van der Waals surface area (Å²) in [6.07, 6.45) is 0. The van der Waals surface area contributed by atoms with E-state index in [1.54, 1.807) is 12.1 Å². The Balaban J connectivity index is 2.17. The zero-order valence-corrected chi connectivity index (χ0v) is 12.2. The Morgan fingerprint density at radius 2 is 2.10 bits per heavy atom. The van der Waals surface area contributed by atoms with Gasteiger partial charge in [-0.2, -0.15) is 5.26 Å². The van der Waals surface area contributed by atoms with Gasteiger partial charge in [0.15, 0.2) is 0 Å². The molecule has 0 amide bonds. The van der Waals surface area contributed by atoms with E-state index in [0.717, 1.165) is 0 Å². The Hall–Kier alpha value is -2.46. The number of halogens is 2. The Morgan fingerprint density at radius 3 is 2.76 bits per heavy atom. The Labute approximate surface area is 128 Å². The molecule has 0 saturated heterocycles. The SMILES string of the molecule is N#Cc1cc(NCc2cc(Br)cc([N+](=O)[O-])c2)ccc1F. The molecule has 0 bridgehead atoms. The van der Waals surface area contributed by atoms with E-state index in [0.29, 0.717) is 22.3 Å². The highest BCUT2D eigenvalue weighted by Gasteiger charge is 2.09. The van der Waals surface area contributed by atoms with Crippen molar-refractivity contribution >= 4 is 27.3 Å². The second kappa shape index (κ2) is 6.33. The fourth-order valence-electron chi connectivity index (χ4n) is 1.77. The number of hydrogen-bond acceptors (Lipinski definition) is 4. The van der Waals surface area contributed by atoms with Crippen molar-refractivity contribution in [2.75, 3.05) is 5.32 Å². The first kappa shape index (κ1) is 14.9. The first-order chi connectivity index (χ1) is 9.99. The molecular weight excluding hydrogens is 341 g/mol. The number of nitrogens with zero attached hydrogens (tertiary/aromatic N) is 2. The van der Waals surface area contributed by atoms with Gasteiger partial charge in [-0.15, -0.1) is 0 Å². The fourth-order valence-corrected chi connectivity index (χ4v) is 2.29. The highest BCUT2D eigenvalue weighted by molar-refractivity contribution is 9.10. The van der Waals surface area contributed by atoms with Crippen LogP contribution < -0.4 is 5.32 Å². The van der Waals surface area contributed by atoms with Crippen molar-refractivity contribution in [3.63, 3.8) is 0 Å². The molecule has 1 N–H and O–H groups in total. The largest absolute Gasteiger partial charge is 0.381 e. The van der Waals surface area contributed by atoms with Crippen molar-refractivity contribution in [3.05, 3.63) is 67.9 Å². The predicted molar refractivity (Wildman–Crippen MR) is 79.2 cm³/mol. The van der Waals surface area contributed by atoms with Crippen molar-refractivity contribution in [1.29, 1.82) is 5.26 Å². The van der Waals surface area contributed by atoms with Gasteiger partial charge in [0.1, 0.15) is 11.9 Å². The number of hydrogen-bond donors (Lipinski definition) is 1.